The molecule has 0 saturated carbocycles. The molecule has 5 nitrogen and oxygen atoms in total. The van der Waals surface area contributed by atoms with E-state index in [9.17, 15) is 18.0 Å². The van der Waals surface area contributed by atoms with Crippen LogP contribution in [0.4, 0.5) is 19.0 Å². The standard InChI is InChI=1S/C18H14ClF3N4OS2/c19-13-7-12(18(20,21)22)8-23-15(13)25-2-4-26(5-3-25)17(27)14-10-29-16(24-14)11-1-6-28-9-11/h1,6-10H,2-5H2. The number of pyridine rings is 1. The van der Waals surface area contributed by atoms with E-state index < -0.39 is 11.7 Å². The summed E-state index contributed by atoms with van der Waals surface area (Å²) in [6.45, 7) is 1.66. The molecule has 0 bridgehead atoms. The molecule has 1 aliphatic heterocycles. The Kier molecular flexibility index (Phi) is 5.50. The van der Waals surface area contributed by atoms with E-state index in [1.165, 1.54) is 11.3 Å². The lowest BCUT2D eigenvalue weighted by atomic mass is 10.2. The zero-order valence-electron chi connectivity index (χ0n) is 14.8. The molecule has 4 heterocycles. The number of carbonyl (C=O) groups excluding carboxylic acids is 1. The van der Waals surface area contributed by atoms with Crippen molar-refractivity contribution in [1.82, 2.24) is 14.9 Å². The Balaban J connectivity index is 1.41. The van der Waals surface area contributed by atoms with Crippen molar-refractivity contribution >= 4 is 46.0 Å². The van der Waals surface area contributed by atoms with Gasteiger partial charge in [0, 0.05) is 48.7 Å². The number of alkyl halides is 3. The van der Waals surface area contributed by atoms with E-state index in [4.69, 9.17) is 11.6 Å². The minimum atomic E-state index is -4.49. The number of carbonyl (C=O) groups is 1. The molecule has 1 aliphatic rings. The van der Waals surface area contributed by atoms with Crippen molar-refractivity contribution in [2.75, 3.05) is 31.1 Å². The monoisotopic (exact) mass is 458 g/mol. The number of amides is 1. The Bertz CT molecular complexity index is 1010. The molecule has 3 aromatic rings. The van der Waals surface area contributed by atoms with Gasteiger partial charge in [0.25, 0.3) is 5.91 Å². The highest BCUT2D eigenvalue weighted by Crippen LogP contribution is 2.34. The van der Waals surface area contributed by atoms with Crippen LogP contribution >= 0.6 is 34.3 Å². The molecule has 0 unspecified atom stereocenters. The lowest BCUT2D eigenvalue weighted by Gasteiger charge is -2.35. The number of nitrogens with zero attached hydrogens (tertiary/aromatic N) is 4. The maximum absolute atomic E-state index is 12.8. The summed E-state index contributed by atoms with van der Waals surface area (Å²) < 4.78 is 38.3. The molecule has 0 N–H and O–H groups in total. The van der Waals surface area contributed by atoms with Gasteiger partial charge in [0.15, 0.2) is 0 Å². The number of anilines is 1. The van der Waals surface area contributed by atoms with Crippen LogP contribution in [0.25, 0.3) is 10.6 Å². The van der Waals surface area contributed by atoms with Crippen LogP contribution in [0.2, 0.25) is 5.02 Å². The van der Waals surface area contributed by atoms with Crippen molar-refractivity contribution in [3.8, 4) is 10.6 Å². The number of piperazine rings is 1. The van der Waals surface area contributed by atoms with Gasteiger partial charge < -0.3 is 9.80 Å². The van der Waals surface area contributed by atoms with E-state index in [0.29, 0.717) is 37.7 Å². The van der Waals surface area contributed by atoms with Gasteiger partial charge in [-0.25, -0.2) is 9.97 Å². The van der Waals surface area contributed by atoms with Gasteiger partial charge >= 0.3 is 6.18 Å². The molecule has 4 rings (SSSR count). The highest BCUT2D eigenvalue weighted by atomic mass is 35.5. The van der Waals surface area contributed by atoms with Crippen molar-refractivity contribution in [2.45, 2.75) is 6.18 Å². The third-order valence-electron chi connectivity index (χ3n) is 4.51. The summed E-state index contributed by atoms with van der Waals surface area (Å²) in [7, 11) is 0. The summed E-state index contributed by atoms with van der Waals surface area (Å²) in [5.74, 6) is 0.133. The van der Waals surface area contributed by atoms with E-state index in [1.54, 1.807) is 26.5 Å². The molecule has 1 saturated heterocycles. The van der Waals surface area contributed by atoms with Crippen LogP contribution < -0.4 is 4.90 Å². The first kappa shape index (κ1) is 20.1. The predicted molar refractivity (Wildman–Crippen MR) is 108 cm³/mol. The summed E-state index contributed by atoms with van der Waals surface area (Å²) in [6.07, 6.45) is -3.71. The van der Waals surface area contributed by atoms with Gasteiger partial charge in [-0.2, -0.15) is 24.5 Å². The second-order valence-electron chi connectivity index (χ2n) is 6.36. The number of rotatable bonds is 3. The molecule has 1 fully saturated rings. The molecule has 0 atom stereocenters. The Morgan fingerprint density at radius 1 is 1.17 bits per heavy atom. The molecule has 1 amide bonds. The zero-order chi connectivity index (χ0) is 20.6. The second-order valence-corrected chi connectivity index (χ2v) is 8.40. The third-order valence-corrected chi connectivity index (χ3v) is 6.36. The minimum absolute atomic E-state index is 0.0560. The van der Waals surface area contributed by atoms with E-state index in [2.05, 4.69) is 9.97 Å². The van der Waals surface area contributed by atoms with Crippen LogP contribution in [-0.2, 0) is 6.18 Å². The molecule has 3 aromatic heterocycles. The van der Waals surface area contributed by atoms with Gasteiger partial charge in [0.1, 0.15) is 16.5 Å². The molecular weight excluding hydrogens is 445 g/mol. The summed E-state index contributed by atoms with van der Waals surface area (Å²) in [5, 5.41) is 6.43. The van der Waals surface area contributed by atoms with Gasteiger partial charge in [-0.15, -0.1) is 11.3 Å². The predicted octanol–water partition coefficient (Wildman–Crippen LogP) is 4.90. The molecule has 0 radical (unpaired) electrons. The van der Waals surface area contributed by atoms with Crippen LogP contribution in [0.3, 0.4) is 0 Å². The fourth-order valence-electron chi connectivity index (χ4n) is 2.99. The quantitative estimate of drug-likeness (QED) is 0.560. The van der Waals surface area contributed by atoms with Gasteiger partial charge in [-0.1, -0.05) is 11.6 Å². The highest BCUT2D eigenvalue weighted by Gasteiger charge is 2.32. The normalized spacial score (nSPS) is 15.0. The summed E-state index contributed by atoms with van der Waals surface area (Å²) in [4.78, 5) is 24.5. The smallest absolute Gasteiger partial charge is 0.352 e. The van der Waals surface area contributed by atoms with Crippen molar-refractivity contribution < 1.29 is 18.0 Å². The first-order valence-corrected chi connectivity index (χ1v) is 10.8. The molecule has 152 valence electrons. The number of thiazole rings is 1. The lowest BCUT2D eigenvalue weighted by Crippen LogP contribution is -2.49. The Labute approximate surface area is 177 Å². The Morgan fingerprint density at radius 2 is 1.93 bits per heavy atom. The van der Waals surface area contributed by atoms with E-state index in [0.717, 1.165) is 22.8 Å². The van der Waals surface area contributed by atoms with Crippen molar-refractivity contribution in [3.63, 3.8) is 0 Å². The molecule has 0 aromatic carbocycles. The van der Waals surface area contributed by atoms with E-state index >= 15 is 0 Å². The van der Waals surface area contributed by atoms with Gasteiger partial charge in [-0.05, 0) is 17.5 Å². The fourth-order valence-corrected chi connectivity index (χ4v) is 4.78. The lowest BCUT2D eigenvalue weighted by molar-refractivity contribution is -0.137. The van der Waals surface area contributed by atoms with Crippen molar-refractivity contribution in [2.24, 2.45) is 0 Å². The summed E-state index contributed by atoms with van der Waals surface area (Å²) >= 11 is 9.01. The Morgan fingerprint density at radius 3 is 2.55 bits per heavy atom. The topological polar surface area (TPSA) is 49.3 Å². The van der Waals surface area contributed by atoms with Crippen LogP contribution in [0.15, 0.2) is 34.5 Å². The van der Waals surface area contributed by atoms with Gasteiger partial charge in [0.2, 0.25) is 0 Å². The van der Waals surface area contributed by atoms with Crippen LogP contribution in [0, 0.1) is 0 Å². The van der Waals surface area contributed by atoms with Crippen molar-refractivity contribution in [1.29, 1.82) is 0 Å². The average molecular weight is 459 g/mol. The molecular formula is C18H14ClF3N4OS2. The molecule has 29 heavy (non-hydrogen) atoms. The SMILES string of the molecule is O=C(c1csc(-c2ccsc2)n1)N1CCN(c2ncc(C(F)(F)F)cc2Cl)CC1. The first-order chi connectivity index (χ1) is 13.8. The largest absolute Gasteiger partial charge is 0.417 e. The number of thiophene rings is 1. The third kappa shape index (κ3) is 4.24. The number of halogens is 4. The minimum Gasteiger partial charge on any atom is -0.352 e. The van der Waals surface area contributed by atoms with E-state index in [1.807, 2.05) is 16.8 Å². The van der Waals surface area contributed by atoms with Gasteiger partial charge in [0.05, 0.1) is 10.6 Å². The molecule has 11 heteroatoms. The van der Waals surface area contributed by atoms with E-state index in [-0.39, 0.29) is 10.9 Å². The first-order valence-electron chi connectivity index (χ1n) is 8.58. The highest BCUT2D eigenvalue weighted by molar-refractivity contribution is 7.14. The van der Waals surface area contributed by atoms with Gasteiger partial charge in [-0.3, -0.25) is 4.79 Å². The second kappa shape index (κ2) is 7.92. The Hall–Kier alpha value is -2.17. The maximum Gasteiger partial charge on any atom is 0.417 e. The fraction of sp³-hybridized carbons (Fsp3) is 0.278. The van der Waals surface area contributed by atoms with Crippen molar-refractivity contribution in [3.05, 3.63) is 50.7 Å². The molecule has 0 spiro atoms. The number of hydrogen-bond donors (Lipinski definition) is 0. The number of aromatic nitrogens is 2. The van der Waals surface area contributed by atoms with Crippen LogP contribution in [-0.4, -0.2) is 47.0 Å². The summed E-state index contributed by atoms with van der Waals surface area (Å²) in [5.41, 5.74) is 0.507. The number of hydrogen-bond acceptors (Lipinski definition) is 6. The zero-order valence-corrected chi connectivity index (χ0v) is 17.2. The molecule has 0 aliphatic carbocycles. The van der Waals surface area contributed by atoms with Crippen LogP contribution in [0.5, 0.6) is 0 Å². The average Bonchev–Trinajstić information content (AvgIpc) is 3.38. The van der Waals surface area contributed by atoms with Crippen LogP contribution in [0.1, 0.15) is 16.1 Å². The summed E-state index contributed by atoms with van der Waals surface area (Å²) in [6, 6.07) is 2.83. The maximum atomic E-state index is 12.8.